The van der Waals surface area contributed by atoms with Gasteiger partial charge in [0, 0.05) is 18.8 Å². The molecule has 11 heteroatoms. The van der Waals surface area contributed by atoms with E-state index in [2.05, 4.69) is 20.6 Å². The van der Waals surface area contributed by atoms with Crippen LogP contribution >= 0.6 is 0 Å². The Labute approximate surface area is 221 Å². The van der Waals surface area contributed by atoms with Crippen LogP contribution in [0.1, 0.15) is 31.0 Å². The molecular weight excluding hydrogens is 504 g/mol. The zero-order chi connectivity index (χ0) is 27.1. The van der Waals surface area contributed by atoms with Crippen LogP contribution in [0.15, 0.2) is 96.2 Å². The van der Waals surface area contributed by atoms with Crippen molar-refractivity contribution in [1.82, 2.24) is 14.3 Å². The van der Waals surface area contributed by atoms with E-state index in [1.807, 2.05) is 60.7 Å². The van der Waals surface area contributed by atoms with Crippen LogP contribution in [0.4, 0.5) is 23.0 Å². The van der Waals surface area contributed by atoms with Crippen molar-refractivity contribution < 1.29 is 13.3 Å². The number of hydrogen-bond acceptors (Lipinski definition) is 8. The lowest BCUT2D eigenvalue weighted by Gasteiger charge is -2.21. The van der Waals surface area contributed by atoms with E-state index in [9.17, 15) is 18.5 Å². The van der Waals surface area contributed by atoms with Crippen molar-refractivity contribution in [3.63, 3.8) is 0 Å². The third kappa shape index (κ3) is 5.79. The lowest BCUT2D eigenvalue weighted by atomic mass is 9.99. The highest BCUT2D eigenvalue weighted by Crippen LogP contribution is 2.35. The molecule has 4 aromatic rings. The Hall–Kier alpha value is -4.35. The maximum atomic E-state index is 12.8. The molecule has 0 fully saturated rings. The number of nitro groups is 1. The molecule has 0 saturated heterocycles. The van der Waals surface area contributed by atoms with Crippen molar-refractivity contribution in [1.29, 1.82) is 0 Å². The van der Waals surface area contributed by atoms with Gasteiger partial charge in [0.2, 0.25) is 21.7 Å². The number of rotatable bonds is 11. The zero-order valence-corrected chi connectivity index (χ0v) is 21.8. The first-order chi connectivity index (χ1) is 18.3. The normalized spacial score (nSPS) is 11.5. The number of nitrogens with zero attached hydrogens (tertiary/aromatic N) is 4. The first-order valence-corrected chi connectivity index (χ1v) is 13.5. The molecule has 3 aromatic carbocycles. The SMILES string of the molecule is CCN(CC)S(=O)(=O)c1ccc(Nc2ncnc(NC(c3ccccc3)c3ccccc3)c2[N+](=O)[O-])cc1. The molecule has 0 aliphatic carbocycles. The van der Waals surface area contributed by atoms with Crippen LogP contribution in [0.2, 0.25) is 0 Å². The molecule has 0 aliphatic rings. The first kappa shape index (κ1) is 26.7. The van der Waals surface area contributed by atoms with E-state index in [1.165, 1.54) is 22.8 Å². The minimum absolute atomic E-state index is 0.0216. The summed E-state index contributed by atoms with van der Waals surface area (Å²) in [6, 6.07) is 24.8. The van der Waals surface area contributed by atoms with Crippen LogP contribution in [-0.4, -0.2) is 40.7 Å². The Morgan fingerprint density at radius 3 is 1.87 bits per heavy atom. The second-order valence-electron chi connectivity index (χ2n) is 8.31. The van der Waals surface area contributed by atoms with Crippen LogP contribution < -0.4 is 10.6 Å². The molecule has 10 nitrogen and oxygen atoms in total. The summed E-state index contributed by atoms with van der Waals surface area (Å²) in [4.78, 5) is 20.1. The van der Waals surface area contributed by atoms with Crippen molar-refractivity contribution in [2.45, 2.75) is 24.8 Å². The largest absolute Gasteiger partial charge is 0.353 e. The number of anilines is 3. The summed E-state index contributed by atoms with van der Waals surface area (Å²) in [7, 11) is -3.62. The van der Waals surface area contributed by atoms with E-state index < -0.39 is 21.0 Å². The van der Waals surface area contributed by atoms with E-state index in [0.29, 0.717) is 18.8 Å². The number of benzene rings is 3. The van der Waals surface area contributed by atoms with Crippen LogP contribution in [0.3, 0.4) is 0 Å². The van der Waals surface area contributed by atoms with E-state index in [-0.39, 0.29) is 22.2 Å². The Morgan fingerprint density at radius 1 is 0.842 bits per heavy atom. The third-order valence-corrected chi connectivity index (χ3v) is 8.08. The molecule has 0 unspecified atom stereocenters. The second-order valence-corrected chi connectivity index (χ2v) is 10.3. The standard InChI is InChI=1S/C27H28N6O4S/c1-3-32(4-2)38(36,37)23-17-15-22(16-18-23)30-26-25(33(34)35)27(29-19-28-26)31-24(20-11-7-5-8-12-20)21-13-9-6-10-14-21/h5-19,24H,3-4H2,1-2H3,(H2,28,29,30,31). The monoisotopic (exact) mass is 532 g/mol. The van der Waals surface area contributed by atoms with E-state index in [1.54, 1.807) is 26.0 Å². The summed E-state index contributed by atoms with van der Waals surface area (Å²) in [5.74, 6) is 0.0256. The molecule has 0 amide bonds. The predicted molar refractivity (Wildman–Crippen MR) is 147 cm³/mol. The number of hydrogen-bond donors (Lipinski definition) is 2. The molecule has 0 bridgehead atoms. The van der Waals surface area contributed by atoms with Gasteiger partial charge in [0.05, 0.1) is 15.9 Å². The van der Waals surface area contributed by atoms with E-state index in [0.717, 1.165) is 11.1 Å². The van der Waals surface area contributed by atoms with Gasteiger partial charge in [-0.1, -0.05) is 74.5 Å². The Morgan fingerprint density at radius 2 is 1.37 bits per heavy atom. The summed E-state index contributed by atoms with van der Waals surface area (Å²) < 4.78 is 26.9. The van der Waals surface area contributed by atoms with Crippen molar-refractivity contribution in [3.8, 4) is 0 Å². The molecule has 2 N–H and O–H groups in total. The van der Waals surface area contributed by atoms with Gasteiger partial charge in [-0.05, 0) is 35.4 Å². The molecule has 1 heterocycles. The highest BCUT2D eigenvalue weighted by Gasteiger charge is 2.27. The molecule has 1 aromatic heterocycles. The molecule has 0 aliphatic heterocycles. The lowest BCUT2D eigenvalue weighted by Crippen LogP contribution is -2.30. The fraction of sp³-hybridized carbons (Fsp3) is 0.185. The number of nitrogens with one attached hydrogen (secondary N) is 2. The minimum Gasteiger partial charge on any atom is -0.353 e. The van der Waals surface area contributed by atoms with Crippen LogP contribution in [0, 0.1) is 10.1 Å². The molecule has 38 heavy (non-hydrogen) atoms. The summed E-state index contributed by atoms with van der Waals surface area (Å²) in [6.07, 6.45) is 1.24. The van der Waals surface area contributed by atoms with Gasteiger partial charge in [0.25, 0.3) is 0 Å². The Kier molecular flexibility index (Phi) is 8.29. The lowest BCUT2D eigenvalue weighted by molar-refractivity contribution is -0.383. The van der Waals surface area contributed by atoms with Crippen LogP contribution in [0.5, 0.6) is 0 Å². The smallest absolute Gasteiger partial charge is 0.353 e. The van der Waals surface area contributed by atoms with Gasteiger partial charge in [-0.3, -0.25) is 10.1 Å². The molecule has 0 atom stereocenters. The Bertz CT molecular complexity index is 1440. The van der Waals surface area contributed by atoms with Gasteiger partial charge in [-0.25, -0.2) is 18.4 Å². The average Bonchev–Trinajstić information content (AvgIpc) is 2.93. The maximum Gasteiger partial charge on any atom is 0.353 e. The minimum atomic E-state index is -3.62. The van der Waals surface area contributed by atoms with Gasteiger partial charge in [0.15, 0.2) is 0 Å². The predicted octanol–water partition coefficient (Wildman–Crippen LogP) is 5.36. The Balaban J connectivity index is 1.66. The van der Waals surface area contributed by atoms with Gasteiger partial charge in [-0.2, -0.15) is 4.31 Å². The van der Waals surface area contributed by atoms with Crippen LogP contribution in [0.25, 0.3) is 0 Å². The fourth-order valence-corrected chi connectivity index (χ4v) is 5.55. The second kappa shape index (κ2) is 11.8. The summed E-state index contributed by atoms with van der Waals surface area (Å²) >= 11 is 0. The molecule has 196 valence electrons. The van der Waals surface area contributed by atoms with Gasteiger partial charge < -0.3 is 10.6 Å². The highest BCUT2D eigenvalue weighted by atomic mass is 32.2. The van der Waals surface area contributed by atoms with Crippen LogP contribution in [-0.2, 0) is 10.0 Å². The van der Waals surface area contributed by atoms with Gasteiger partial charge >= 0.3 is 5.69 Å². The van der Waals surface area contributed by atoms with Gasteiger partial charge in [-0.15, -0.1) is 0 Å². The average molecular weight is 533 g/mol. The number of aromatic nitrogens is 2. The fourth-order valence-electron chi connectivity index (χ4n) is 4.10. The summed E-state index contributed by atoms with van der Waals surface area (Å²) in [5, 5.41) is 18.3. The molecule has 0 spiro atoms. The molecular formula is C27H28N6O4S. The molecule has 0 radical (unpaired) electrons. The van der Waals surface area contributed by atoms with E-state index >= 15 is 0 Å². The van der Waals surface area contributed by atoms with Crippen molar-refractivity contribution in [3.05, 3.63) is 112 Å². The first-order valence-electron chi connectivity index (χ1n) is 12.1. The quantitative estimate of drug-likeness (QED) is 0.195. The van der Waals surface area contributed by atoms with Gasteiger partial charge in [0.1, 0.15) is 6.33 Å². The molecule has 4 rings (SSSR count). The van der Waals surface area contributed by atoms with E-state index in [4.69, 9.17) is 0 Å². The number of sulfonamides is 1. The molecule has 0 saturated carbocycles. The summed E-state index contributed by atoms with van der Waals surface area (Å²) in [6.45, 7) is 4.26. The maximum absolute atomic E-state index is 12.8. The van der Waals surface area contributed by atoms with Crippen molar-refractivity contribution >= 4 is 33.0 Å². The van der Waals surface area contributed by atoms with Crippen molar-refractivity contribution in [2.24, 2.45) is 0 Å². The van der Waals surface area contributed by atoms with Crippen molar-refractivity contribution in [2.75, 3.05) is 23.7 Å². The third-order valence-electron chi connectivity index (χ3n) is 6.01. The zero-order valence-electron chi connectivity index (χ0n) is 21.0. The summed E-state index contributed by atoms with van der Waals surface area (Å²) in [5.41, 5.74) is 1.93. The highest BCUT2D eigenvalue weighted by molar-refractivity contribution is 7.89. The topological polar surface area (TPSA) is 130 Å².